The van der Waals surface area contributed by atoms with E-state index < -0.39 is 62.1 Å². The molecule has 2 aromatic heterocycles. The Hall–Kier alpha value is -2.70. The van der Waals surface area contributed by atoms with Crippen LogP contribution in [0.15, 0.2) is 24.8 Å². The summed E-state index contributed by atoms with van der Waals surface area (Å²) in [5.41, 5.74) is -24.8. The normalized spacial score (nSPS) is 13.3. The van der Waals surface area contributed by atoms with Gasteiger partial charge in [0, 0.05) is 12.8 Å². The summed E-state index contributed by atoms with van der Waals surface area (Å²) in [7, 11) is -22.7. The first kappa shape index (κ1) is 49.4. The van der Waals surface area contributed by atoms with E-state index in [2.05, 4.69) is 47.0 Å². The molecule has 0 spiro atoms. The number of rotatable bonds is 10. The van der Waals surface area contributed by atoms with E-state index in [-0.39, 0.29) is 0 Å². The second-order valence-electron chi connectivity index (χ2n) is 9.07. The van der Waals surface area contributed by atoms with Crippen LogP contribution in [0.3, 0.4) is 0 Å². The van der Waals surface area contributed by atoms with Crippen molar-refractivity contribution in [2.45, 2.75) is 74.4 Å². The first-order valence-electron chi connectivity index (χ1n) is 12.9. The van der Waals surface area contributed by atoms with Crippen LogP contribution in [0.1, 0.15) is 51.2 Å². The summed E-state index contributed by atoms with van der Waals surface area (Å²) in [4.78, 5) is 6.41. The number of aromatic nitrogens is 4. The van der Waals surface area contributed by atoms with Gasteiger partial charge in [0.1, 0.15) is 24.8 Å². The molecule has 2 N–H and O–H groups in total. The van der Waals surface area contributed by atoms with Gasteiger partial charge in [-0.2, -0.15) is 52.7 Å². The first-order chi connectivity index (χ1) is 22.1. The van der Waals surface area contributed by atoms with Crippen molar-refractivity contribution in [3.8, 4) is 0 Å². The number of imidazole rings is 2. The lowest BCUT2D eigenvalue weighted by Gasteiger charge is -2.22. The zero-order chi connectivity index (χ0) is 40.2. The Morgan fingerprint density at radius 1 is 0.520 bits per heavy atom. The number of unbranched alkanes of at least 4 members (excludes halogenated alkanes) is 2. The molecule has 30 heteroatoms. The van der Waals surface area contributed by atoms with Crippen molar-refractivity contribution in [1.82, 2.24) is 9.97 Å². The molecule has 2 heterocycles. The van der Waals surface area contributed by atoms with Gasteiger partial charge in [-0.1, -0.05) is 26.7 Å². The SMILES string of the molecule is CCCCc1[nH]cc[n+]1C.CCCCc1[nH]cc[n+]1C.O=S(=O)([N-]S(=O)(=O)C(F)(F)F)C(F)(F)F.O=S(=O)([N-]S(=O)(=O)C(F)(F)F)C(F)(F)F. The maximum absolute atomic E-state index is 11.4. The number of halogens is 12. The van der Waals surface area contributed by atoms with E-state index in [4.69, 9.17) is 0 Å². The van der Waals surface area contributed by atoms with Gasteiger partial charge >= 0.3 is 22.0 Å². The van der Waals surface area contributed by atoms with E-state index in [1.54, 1.807) is 0 Å². The van der Waals surface area contributed by atoms with Gasteiger partial charge in [0.25, 0.3) is 11.6 Å². The second-order valence-corrected chi connectivity index (χ2v) is 15.9. The van der Waals surface area contributed by atoms with Gasteiger partial charge in [-0.3, -0.25) is 0 Å². The van der Waals surface area contributed by atoms with Gasteiger partial charge in [-0.15, -0.1) is 0 Å². The van der Waals surface area contributed by atoms with E-state index in [9.17, 15) is 86.4 Å². The quantitative estimate of drug-likeness (QED) is 0.257. The average molecular weight is 839 g/mol. The smallest absolute Gasteiger partial charge is 0.421 e. The minimum Gasteiger partial charge on any atom is -0.421 e. The number of nitrogens with one attached hydrogen (secondary N) is 2. The largest absolute Gasteiger partial charge is 0.480 e. The first-order valence-corrected chi connectivity index (χ1v) is 18.6. The van der Waals surface area contributed by atoms with Gasteiger partial charge < -0.3 is 8.25 Å². The Morgan fingerprint density at radius 3 is 0.880 bits per heavy atom. The lowest BCUT2D eigenvalue weighted by molar-refractivity contribution is -0.678. The molecule has 0 saturated carbocycles. The maximum atomic E-state index is 11.4. The third kappa shape index (κ3) is 16.5. The number of H-pyrrole nitrogens is 2. The monoisotopic (exact) mass is 838 g/mol. The van der Waals surface area contributed by atoms with Gasteiger partial charge in [0.05, 0.1) is 14.1 Å². The lowest BCUT2D eigenvalue weighted by Crippen LogP contribution is -2.30. The summed E-state index contributed by atoms with van der Waals surface area (Å²) in [6.07, 6.45) is 15.5. The van der Waals surface area contributed by atoms with Crippen molar-refractivity contribution in [3.63, 3.8) is 0 Å². The van der Waals surface area contributed by atoms with Crippen LogP contribution in [0.5, 0.6) is 0 Å². The topological polar surface area (TPSA) is 204 Å². The van der Waals surface area contributed by atoms with Crippen molar-refractivity contribution in [2.75, 3.05) is 0 Å². The highest BCUT2D eigenvalue weighted by Gasteiger charge is 2.48. The predicted octanol–water partition coefficient (Wildman–Crippen LogP) is 4.48. The zero-order valence-corrected chi connectivity index (χ0v) is 29.0. The fraction of sp³-hybridized carbons (Fsp3) is 0.700. The standard InChI is InChI=1S/2C8H14N2.2C2F6NO4S2/c2*1-3-4-5-8-9-6-7-10(8)2;2*3-1(4,5)14(10,11)9-15(12,13)2(6,7)8/h2*6-7H,3-5H2,1-2H3;;/q;;2*-1/p+2. The molecule has 14 nitrogen and oxygen atoms in total. The highest BCUT2D eigenvalue weighted by atomic mass is 32.3. The summed E-state index contributed by atoms with van der Waals surface area (Å²) in [5, 5.41) is 0. The molecule has 0 bridgehead atoms. The van der Waals surface area contributed by atoms with Crippen LogP contribution in [0.25, 0.3) is 8.25 Å². The van der Waals surface area contributed by atoms with Gasteiger partial charge in [-0.25, -0.2) is 52.8 Å². The fourth-order valence-electron chi connectivity index (χ4n) is 2.49. The van der Waals surface area contributed by atoms with Gasteiger partial charge in [0.15, 0.2) is 40.1 Å². The third-order valence-corrected chi connectivity index (χ3v) is 10.5. The third-order valence-electron chi connectivity index (χ3n) is 5.04. The second kappa shape index (κ2) is 18.7. The Bertz CT molecular complexity index is 1550. The van der Waals surface area contributed by atoms with Crippen molar-refractivity contribution in [3.05, 3.63) is 44.7 Å². The number of aromatic amines is 2. The molecule has 0 saturated heterocycles. The number of hydrogen-bond acceptors (Lipinski definition) is 8. The Kier molecular flexibility index (Phi) is 18.5. The maximum Gasteiger partial charge on any atom is 0.480 e. The molecule has 0 amide bonds. The highest BCUT2D eigenvalue weighted by molar-refractivity contribution is 8.13. The molecule has 0 aliphatic carbocycles. The lowest BCUT2D eigenvalue weighted by atomic mass is 10.2. The van der Waals surface area contributed by atoms with Crippen LogP contribution in [-0.2, 0) is 67.0 Å². The summed E-state index contributed by atoms with van der Waals surface area (Å²) in [5.74, 6) is 2.64. The van der Waals surface area contributed by atoms with Crippen LogP contribution >= 0.6 is 0 Å². The molecule has 0 aromatic carbocycles. The van der Waals surface area contributed by atoms with Crippen LogP contribution < -0.4 is 9.13 Å². The Morgan fingerprint density at radius 2 is 0.740 bits per heavy atom. The number of nitrogens with zero attached hydrogens (tertiary/aromatic N) is 4. The highest BCUT2D eigenvalue weighted by Crippen LogP contribution is 2.37. The molecule has 2 aromatic rings. The molecule has 0 aliphatic heterocycles. The molecule has 0 radical (unpaired) electrons. The average Bonchev–Trinajstić information content (AvgIpc) is 3.50. The Balaban J connectivity index is 0. The van der Waals surface area contributed by atoms with E-state index in [0.29, 0.717) is 0 Å². The molecule has 0 unspecified atom stereocenters. The van der Waals surface area contributed by atoms with E-state index in [0.717, 1.165) is 8.25 Å². The van der Waals surface area contributed by atoms with Gasteiger partial charge in [0.2, 0.25) is 0 Å². The van der Waals surface area contributed by atoms with Crippen LogP contribution in [-0.4, -0.2) is 65.7 Å². The minimum atomic E-state index is -6.72. The number of alkyl halides is 12. The fourth-order valence-corrected chi connectivity index (χ4v) is 5.91. The van der Waals surface area contributed by atoms with Crippen molar-refractivity contribution < 1.29 is 95.5 Å². The molecule has 0 atom stereocenters. The summed E-state index contributed by atoms with van der Waals surface area (Å²) >= 11 is 0. The summed E-state index contributed by atoms with van der Waals surface area (Å²) in [6.45, 7) is 4.42. The molecular weight excluding hydrogens is 808 g/mol. The van der Waals surface area contributed by atoms with E-state index in [1.165, 1.54) is 50.2 Å². The van der Waals surface area contributed by atoms with Crippen LogP contribution in [0.4, 0.5) is 52.7 Å². The van der Waals surface area contributed by atoms with Crippen molar-refractivity contribution in [2.24, 2.45) is 14.1 Å². The van der Waals surface area contributed by atoms with Crippen LogP contribution in [0, 0.1) is 0 Å². The Labute approximate surface area is 278 Å². The minimum absolute atomic E-state index is 0.778. The van der Waals surface area contributed by atoms with Gasteiger partial charge in [-0.05, 0) is 12.8 Å². The molecule has 0 fully saturated rings. The van der Waals surface area contributed by atoms with Crippen molar-refractivity contribution >= 4 is 40.1 Å². The number of sulfonamides is 4. The molecule has 296 valence electrons. The summed E-state index contributed by atoms with van der Waals surface area (Å²) in [6, 6.07) is 0. The molecule has 2 rings (SSSR count). The number of hydrogen-bond donors (Lipinski definition) is 2. The van der Waals surface area contributed by atoms with E-state index in [1.807, 2.05) is 24.8 Å². The molecule has 0 aliphatic rings. The van der Waals surface area contributed by atoms with Crippen LogP contribution in [0.2, 0.25) is 0 Å². The molecule has 50 heavy (non-hydrogen) atoms. The number of aryl methyl sites for hydroxylation is 4. The molecular formula is C20H30F12N6O8S4. The zero-order valence-electron chi connectivity index (χ0n) is 25.8. The summed E-state index contributed by atoms with van der Waals surface area (Å²) < 4.78 is 223. The van der Waals surface area contributed by atoms with Crippen molar-refractivity contribution in [1.29, 1.82) is 0 Å². The van der Waals surface area contributed by atoms with E-state index >= 15 is 0 Å². The predicted molar refractivity (Wildman–Crippen MR) is 148 cm³/mol.